The van der Waals surface area contributed by atoms with Gasteiger partial charge in [-0.2, -0.15) is 4.99 Å². The molecule has 8 heteroatoms. The molecule has 0 fully saturated rings. The maximum absolute atomic E-state index is 9.63. The normalized spacial score (nSPS) is 12.2. The predicted molar refractivity (Wildman–Crippen MR) is 72.7 cm³/mol. The van der Waals surface area contributed by atoms with Gasteiger partial charge in [0.05, 0.1) is 5.36 Å². The first-order valence-electron chi connectivity index (χ1n) is 4.78. The van der Waals surface area contributed by atoms with Gasteiger partial charge in [-0.15, -0.1) is 0 Å². The monoisotopic (exact) mass is 333 g/mol. The zero-order chi connectivity index (χ0) is 13.5. The molecule has 0 radical (unpaired) electrons. The maximum atomic E-state index is 9.63. The van der Waals surface area contributed by atoms with Crippen LogP contribution in [0.25, 0.3) is 11.1 Å². The molecule has 1 aliphatic rings. The van der Waals surface area contributed by atoms with E-state index in [1.807, 2.05) is 24.3 Å². The van der Waals surface area contributed by atoms with Crippen LogP contribution in [0.2, 0.25) is 0 Å². The van der Waals surface area contributed by atoms with E-state index in [0.29, 0.717) is 10.8 Å². The summed E-state index contributed by atoms with van der Waals surface area (Å²) in [6.45, 7) is 0. The van der Waals surface area contributed by atoms with Crippen molar-refractivity contribution in [1.82, 2.24) is 10.7 Å². The Hall–Kier alpha value is -0.821. The third-order valence-electron chi connectivity index (χ3n) is 2.12. The van der Waals surface area contributed by atoms with Crippen molar-refractivity contribution in [3.8, 4) is 0 Å². The van der Waals surface area contributed by atoms with Crippen LogP contribution in [0.3, 0.4) is 0 Å². The van der Waals surface area contributed by atoms with Gasteiger partial charge in [0.1, 0.15) is 0 Å². The van der Waals surface area contributed by atoms with Gasteiger partial charge < -0.3 is 10.9 Å². The van der Waals surface area contributed by atoms with Gasteiger partial charge in [0.25, 0.3) is 0 Å². The van der Waals surface area contributed by atoms with Crippen LogP contribution < -0.4 is 21.3 Å². The minimum absolute atomic E-state index is 0.0674. The molecule has 3 N–H and O–H groups in total. The van der Waals surface area contributed by atoms with Gasteiger partial charge in [-0.05, 0) is 13.1 Å². The molecule has 1 aromatic carbocycles. The average molecular weight is 334 g/mol. The van der Waals surface area contributed by atoms with E-state index >= 15 is 0 Å². The van der Waals surface area contributed by atoms with Gasteiger partial charge in [-0.3, -0.25) is 10.1 Å². The first-order valence-corrected chi connectivity index (χ1v) is 6.53. The van der Waals surface area contributed by atoms with Gasteiger partial charge in [0.15, 0.2) is 23.0 Å². The Kier molecular flexibility index (Phi) is 6.42. The van der Waals surface area contributed by atoms with Crippen LogP contribution in [0.1, 0.15) is 0 Å². The van der Waals surface area contributed by atoms with E-state index in [2.05, 4.69) is 58.6 Å². The molecule has 1 amide bonds. The number of nitrogens with zero attached hydrogens (tertiary/aromatic N) is 2. The zero-order valence-corrected chi connectivity index (χ0v) is 11.9. The molecule has 5 nitrogen and oxygen atoms in total. The summed E-state index contributed by atoms with van der Waals surface area (Å²) >= 11 is 7.70. The molecular weight excluding hydrogens is 323 g/mol. The van der Waals surface area contributed by atoms with E-state index in [-0.39, 0.29) is 5.91 Å². The van der Waals surface area contributed by atoms with Gasteiger partial charge in [-0.25, -0.2) is 0 Å². The first-order chi connectivity index (χ1) is 8.72. The van der Waals surface area contributed by atoms with Gasteiger partial charge in [-0.1, -0.05) is 18.2 Å². The standard InChI is InChI=1S/C10H10N4OS.ClH.Cu/c1-11-10(16)14-13-8-6-4-2-3-5-7(6)12-9(8)15;;/h2-5H,1H3,(H3,11,12,13,14,15,16);1H;/q;;+2. The average Bonchev–Trinajstić information content (AvgIpc) is 2.74. The number of hydrogen-bond donors (Lipinski definition) is 2. The molecule has 0 unspecified atom stereocenters. The quantitative estimate of drug-likeness (QED) is 0.241. The predicted octanol–water partition coefficient (Wildman–Crippen LogP) is -0.918. The molecule has 18 heavy (non-hydrogen) atoms. The van der Waals surface area contributed by atoms with Crippen molar-refractivity contribution in [2.45, 2.75) is 0 Å². The summed E-state index contributed by atoms with van der Waals surface area (Å²) in [4.78, 5) is 13.6. The Morgan fingerprint density at radius 2 is 2.11 bits per heavy atom. The van der Waals surface area contributed by atoms with Crippen LogP contribution in [-0.2, 0) is 27.3 Å². The van der Waals surface area contributed by atoms with Crippen molar-refractivity contribution in [2.75, 3.05) is 7.05 Å². The van der Waals surface area contributed by atoms with E-state index in [1.54, 1.807) is 7.05 Å². The van der Waals surface area contributed by atoms with E-state index in [4.69, 9.17) is 0 Å². The first kappa shape index (κ1) is 15.2. The number of benzene rings is 1. The molecule has 1 heterocycles. The summed E-state index contributed by atoms with van der Waals surface area (Å²) in [6, 6.07) is 7.42. The number of carbonyl (C=O) groups excluding carboxylic acids is 1. The molecule has 0 spiro atoms. The Morgan fingerprint density at radius 3 is 2.78 bits per heavy atom. The molecule has 0 saturated carbocycles. The fraction of sp³-hybridized carbons (Fsp3) is 0.100. The van der Waals surface area contributed by atoms with E-state index in [9.17, 15) is 4.79 Å². The summed E-state index contributed by atoms with van der Waals surface area (Å²) in [5.74, 6) is -0.0674. The fourth-order valence-corrected chi connectivity index (χ4v) is 1.40. The van der Waals surface area contributed by atoms with Crippen molar-refractivity contribution in [1.29, 1.82) is 0 Å². The number of amides is 1. The second kappa shape index (κ2) is 7.58. The number of nitrogens with one attached hydrogen (secondary N) is 2. The zero-order valence-electron chi connectivity index (χ0n) is 9.28. The van der Waals surface area contributed by atoms with Gasteiger partial charge in [0, 0.05) is 5.22 Å². The van der Waals surface area contributed by atoms with Gasteiger partial charge in [0.2, 0.25) is 0 Å². The number of thiol groups is 1. The number of hydrogen-bond acceptors (Lipinski definition) is 1. The van der Waals surface area contributed by atoms with Crippen LogP contribution in [0, 0.1) is 0 Å². The van der Waals surface area contributed by atoms with Crippen molar-refractivity contribution in [3.05, 3.63) is 40.3 Å². The Balaban J connectivity index is 0.000000771. The number of para-hydroxylation sites is 1. The third kappa shape index (κ3) is 3.58. The molecule has 2 rings (SSSR count). The molecule has 0 aliphatic carbocycles. The second-order valence-corrected chi connectivity index (χ2v) is 3.55. The van der Waals surface area contributed by atoms with Crippen LogP contribution in [-0.4, -0.2) is 22.9 Å². The number of halogens is 1. The summed E-state index contributed by atoms with van der Waals surface area (Å²) < 4.78 is 0. The van der Waals surface area contributed by atoms with Crippen LogP contribution >= 0.6 is 10.1 Å². The Labute approximate surface area is 122 Å². The molecule has 1 aromatic rings. The minimum atomic E-state index is -0.0674. The van der Waals surface area contributed by atoms with E-state index in [1.165, 1.54) is 0 Å². The van der Waals surface area contributed by atoms with Crippen LogP contribution in [0.4, 0.5) is 0 Å². The van der Waals surface area contributed by atoms with E-state index in [0.717, 1.165) is 10.6 Å². The molecular formula is C10H11ClCuN4OS+2. The fourth-order valence-electron chi connectivity index (χ4n) is 1.35. The number of rotatable bonds is 2. The summed E-state index contributed by atoms with van der Waals surface area (Å²) in [6.07, 6.45) is 0. The molecule has 0 saturated heterocycles. The van der Waals surface area contributed by atoms with Crippen molar-refractivity contribution in [3.63, 3.8) is 0 Å². The van der Waals surface area contributed by atoms with Crippen LogP contribution in [0.5, 0.6) is 0 Å². The third-order valence-corrected chi connectivity index (χ3v) is 2.44. The summed E-state index contributed by atoms with van der Waals surface area (Å²) in [5, 5.41) is 4.71. The summed E-state index contributed by atoms with van der Waals surface area (Å²) in [7, 11) is 5.90. The van der Waals surface area contributed by atoms with Crippen molar-refractivity contribution < 1.29 is 19.9 Å². The van der Waals surface area contributed by atoms with Crippen molar-refractivity contribution in [2.24, 2.45) is 4.99 Å². The molecule has 1 aliphatic heterocycles. The second-order valence-electron chi connectivity index (χ2n) is 3.12. The van der Waals surface area contributed by atoms with Crippen molar-refractivity contribution >= 4 is 39.0 Å². The Bertz CT molecular complexity index is 577. The molecule has 99 valence electrons. The van der Waals surface area contributed by atoms with Gasteiger partial charge >= 0.3 is 31.1 Å². The topological polar surface area (TPSA) is 71.9 Å². The summed E-state index contributed by atoms with van der Waals surface area (Å²) in [5.41, 5.74) is 7.12. The SMILES string of the molecule is CNC(=[SH+])[N-]NC1=c2ccccc2=NC1=[OH+].[Cl][Cu+]. The Morgan fingerprint density at radius 1 is 1.44 bits per heavy atom. The number of fused-ring (bicyclic) bond motifs is 1. The molecule has 0 atom stereocenters. The van der Waals surface area contributed by atoms with Crippen LogP contribution in [0.15, 0.2) is 29.3 Å². The molecule has 0 aromatic heterocycles. The molecule has 0 bridgehead atoms. The van der Waals surface area contributed by atoms with E-state index < -0.39 is 0 Å².